The van der Waals surface area contributed by atoms with Crippen molar-refractivity contribution >= 4 is 54.8 Å². The number of rotatable bonds is 7. The second-order valence-electron chi connectivity index (χ2n) is 6.62. The molecule has 0 bridgehead atoms. The molecule has 0 aliphatic heterocycles. The van der Waals surface area contributed by atoms with Crippen LogP contribution in [0.25, 0.3) is 10.2 Å². The van der Waals surface area contributed by atoms with Gasteiger partial charge >= 0.3 is 0 Å². The Morgan fingerprint density at radius 1 is 1.03 bits per heavy atom. The molecule has 0 aliphatic carbocycles. The molecule has 0 saturated carbocycles. The molecule has 2 aromatic carbocycles. The Bertz CT molecular complexity index is 1060. The molecule has 156 valence electrons. The van der Waals surface area contributed by atoms with Crippen molar-refractivity contribution < 1.29 is 13.2 Å². The Morgan fingerprint density at radius 3 is 2.34 bits per heavy atom. The molecule has 0 unspecified atom stereocenters. The number of aromatic nitrogens is 1. The zero-order valence-corrected chi connectivity index (χ0v) is 19.0. The van der Waals surface area contributed by atoms with E-state index < -0.39 is 9.84 Å². The van der Waals surface area contributed by atoms with Crippen molar-refractivity contribution in [3.8, 4) is 0 Å². The molecule has 1 aromatic heterocycles. The maximum absolute atomic E-state index is 13.4. The average Bonchev–Trinajstić information content (AvgIpc) is 3.11. The van der Waals surface area contributed by atoms with Gasteiger partial charge in [-0.25, -0.2) is 13.4 Å². The minimum Gasteiger partial charge on any atom is -0.308 e. The maximum atomic E-state index is 13.4. The molecular weight excluding hydrogens is 430 g/mol. The summed E-state index contributed by atoms with van der Waals surface area (Å²) >= 11 is 1.43. The Kier molecular flexibility index (Phi) is 7.76. The quantitative estimate of drug-likeness (QED) is 0.545. The van der Waals surface area contributed by atoms with Crippen LogP contribution in [-0.4, -0.2) is 57.1 Å². The summed E-state index contributed by atoms with van der Waals surface area (Å²) in [6.45, 7) is 2.62. The molecule has 9 heteroatoms. The fraction of sp³-hybridized carbons (Fsp3) is 0.300. The SMILES string of the molecule is CCS(=O)(=O)c1ccccc1C(=O)N(CCN(C)C)c1nc2ccccc2s1.Cl. The van der Waals surface area contributed by atoms with Crippen LogP contribution >= 0.6 is 23.7 Å². The number of anilines is 1. The van der Waals surface area contributed by atoms with Crippen LogP contribution in [0.5, 0.6) is 0 Å². The van der Waals surface area contributed by atoms with Crippen molar-refractivity contribution in [1.29, 1.82) is 0 Å². The number of amides is 1. The lowest BCUT2D eigenvalue weighted by molar-refractivity contribution is 0.0982. The predicted octanol–water partition coefficient (Wildman–Crippen LogP) is 3.72. The molecule has 0 radical (unpaired) electrons. The second kappa shape index (κ2) is 9.67. The van der Waals surface area contributed by atoms with Crippen molar-refractivity contribution in [2.45, 2.75) is 11.8 Å². The number of sulfone groups is 1. The lowest BCUT2D eigenvalue weighted by Crippen LogP contribution is -2.37. The molecule has 0 N–H and O–H groups in total. The lowest BCUT2D eigenvalue weighted by atomic mass is 10.2. The number of thiazole rings is 1. The number of hydrogen-bond acceptors (Lipinski definition) is 6. The summed E-state index contributed by atoms with van der Waals surface area (Å²) in [7, 11) is 0.334. The third kappa shape index (κ3) is 5.14. The molecule has 1 heterocycles. The van der Waals surface area contributed by atoms with E-state index >= 15 is 0 Å². The van der Waals surface area contributed by atoms with Gasteiger partial charge in [0.05, 0.1) is 26.4 Å². The van der Waals surface area contributed by atoms with E-state index in [2.05, 4.69) is 4.98 Å². The van der Waals surface area contributed by atoms with Gasteiger partial charge in [-0.3, -0.25) is 9.69 Å². The number of benzene rings is 2. The Morgan fingerprint density at radius 2 is 1.69 bits per heavy atom. The molecule has 0 fully saturated rings. The van der Waals surface area contributed by atoms with Gasteiger partial charge in [-0.2, -0.15) is 0 Å². The highest BCUT2D eigenvalue weighted by Gasteiger charge is 2.27. The summed E-state index contributed by atoms with van der Waals surface area (Å²) in [5.41, 5.74) is 1.00. The smallest absolute Gasteiger partial charge is 0.261 e. The van der Waals surface area contributed by atoms with Gasteiger partial charge in [-0.1, -0.05) is 42.5 Å². The standard InChI is InChI=1S/C20H23N3O3S2.ClH/c1-4-28(25,26)18-12-8-5-9-15(18)19(24)23(14-13-22(2)3)20-21-16-10-6-7-11-17(16)27-20;/h5-12H,4,13-14H2,1-3H3;1H. The van der Waals surface area contributed by atoms with Crippen LogP contribution in [-0.2, 0) is 9.84 Å². The molecule has 3 aromatic rings. The van der Waals surface area contributed by atoms with Crippen molar-refractivity contribution in [1.82, 2.24) is 9.88 Å². The number of fused-ring (bicyclic) bond motifs is 1. The molecular formula is C20H24ClN3O3S2. The van der Waals surface area contributed by atoms with Crippen LogP contribution in [0.15, 0.2) is 53.4 Å². The van der Waals surface area contributed by atoms with Gasteiger partial charge in [0.25, 0.3) is 5.91 Å². The second-order valence-corrected chi connectivity index (χ2v) is 9.88. The summed E-state index contributed by atoms with van der Waals surface area (Å²) < 4.78 is 26.0. The Hall–Kier alpha value is -2.00. The zero-order valence-electron chi connectivity index (χ0n) is 16.5. The van der Waals surface area contributed by atoms with Gasteiger partial charge in [0, 0.05) is 13.1 Å². The largest absolute Gasteiger partial charge is 0.308 e. The minimum absolute atomic E-state index is 0. The summed E-state index contributed by atoms with van der Waals surface area (Å²) in [4.78, 5) is 21.7. The van der Waals surface area contributed by atoms with Crippen LogP contribution in [0.3, 0.4) is 0 Å². The summed E-state index contributed by atoms with van der Waals surface area (Å²) in [6, 6.07) is 14.1. The molecule has 0 saturated heterocycles. The van der Waals surface area contributed by atoms with Gasteiger partial charge < -0.3 is 4.90 Å². The van der Waals surface area contributed by atoms with E-state index in [0.29, 0.717) is 18.2 Å². The number of hydrogen-bond donors (Lipinski definition) is 0. The fourth-order valence-corrected chi connectivity index (χ4v) is 4.85. The van der Waals surface area contributed by atoms with Gasteiger partial charge in [-0.15, -0.1) is 12.4 Å². The topological polar surface area (TPSA) is 70.6 Å². The van der Waals surface area contributed by atoms with Gasteiger partial charge in [0.15, 0.2) is 15.0 Å². The maximum Gasteiger partial charge on any atom is 0.261 e. The molecule has 6 nitrogen and oxygen atoms in total. The van der Waals surface area contributed by atoms with Crippen molar-refractivity contribution in [2.75, 3.05) is 37.8 Å². The lowest BCUT2D eigenvalue weighted by Gasteiger charge is -2.23. The van der Waals surface area contributed by atoms with Crippen molar-refractivity contribution in [3.05, 3.63) is 54.1 Å². The third-order valence-corrected chi connectivity index (χ3v) is 7.21. The highest BCUT2D eigenvalue weighted by Crippen LogP contribution is 2.30. The number of halogens is 1. The molecule has 1 amide bonds. The normalized spacial score (nSPS) is 11.4. The summed E-state index contributed by atoms with van der Waals surface area (Å²) in [6.07, 6.45) is 0. The van der Waals surface area contributed by atoms with E-state index in [4.69, 9.17) is 0 Å². The number of nitrogens with zero attached hydrogens (tertiary/aromatic N) is 3. The number of carbonyl (C=O) groups excluding carboxylic acids is 1. The van der Waals surface area contributed by atoms with E-state index in [-0.39, 0.29) is 34.5 Å². The van der Waals surface area contributed by atoms with Crippen LogP contribution < -0.4 is 4.90 Å². The molecule has 0 atom stereocenters. The van der Waals surface area contributed by atoms with Crippen LogP contribution in [0.1, 0.15) is 17.3 Å². The first-order valence-corrected chi connectivity index (χ1v) is 11.4. The van der Waals surface area contributed by atoms with E-state index in [1.165, 1.54) is 17.4 Å². The highest BCUT2D eigenvalue weighted by atomic mass is 35.5. The van der Waals surface area contributed by atoms with Crippen LogP contribution in [0.2, 0.25) is 0 Å². The first-order chi connectivity index (χ1) is 13.3. The Balaban J connectivity index is 0.00000300. The van der Waals surface area contributed by atoms with E-state index in [9.17, 15) is 13.2 Å². The molecule has 3 rings (SSSR count). The number of likely N-dealkylation sites (N-methyl/N-ethyl adjacent to an activating group) is 1. The fourth-order valence-electron chi connectivity index (χ4n) is 2.77. The number of para-hydroxylation sites is 1. The molecule has 29 heavy (non-hydrogen) atoms. The van der Waals surface area contributed by atoms with Gasteiger partial charge in [-0.05, 0) is 38.4 Å². The van der Waals surface area contributed by atoms with Crippen LogP contribution in [0, 0.1) is 0 Å². The predicted molar refractivity (Wildman–Crippen MR) is 121 cm³/mol. The van der Waals surface area contributed by atoms with Crippen LogP contribution in [0.4, 0.5) is 5.13 Å². The monoisotopic (exact) mass is 453 g/mol. The minimum atomic E-state index is -3.52. The van der Waals surface area contributed by atoms with E-state index in [1.807, 2.05) is 43.3 Å². The van der Waals surface area contributed by atoms with E-state index in [0.717, 1.165) is 10.2 Å². The first kappa shape index (κ1) is 23.3. The van der Waals surface area contributed by atoms with Crippen molar-refractivity contribution in [3.63, 3.8) is 0 Å². The Labute approximate surface area is 181 Å². The van der Waals surface area contributed by atoms with Gasteiger partial charge in [0.2, 0.25) is 0 Å². The van der Waals surface area contributed by atoms with E-state index in [1.54, 1.807) is 30.0 Å². The summed E-state index contributed by atoms with van der Waals surface area (Å²) in [5, 5.41) is 0.566. The summed E-state index contributed by atoms with van der Waals surface area (Å²) in [5.74, 6) is -0.413. The highest BCUT2D eigenvalue weighted by molar-refractivity contribution is 7.91. The average molecular weight is 454 g/mol. The molecule has 0 aliphatic rings. The zero-order chi connectivity index (χ0) is 20.3. The third-order valence-electron chi connectivity index (χ3n) is 4.36. The molecule has 0 spiro atoms. The number of carbonyl (C=O) groups is 1. The van der Waals surface area contributed by atoms with Gasteiger partial charge in [0.1, 0.15) is 0 Å². The first-order valence-electron chi connectivity index (χ1n) is 8.97. The van der Waals surface area contributed by atoms with Crippen molar-refractivity contribution in [2.24, 2.45) is 0 Å².